The largest absolute Gasteiger partial charge is 0.478 e. The molecule has 6 heteroatoms. The van der Waals surface area contributed by atoms with Gasteiger partial charge in [0.05, 0.1) is 11.3 Å². The number of anilines is 1. The van der Waals surface area contributed by atoms with Crippen LogP contribution < -0.4 is 4.72 Å². The molecule has 1 aromatic carbocycles. The molecule has 0 saturated carbocycles. The number of carbonyl (C=O) groups is 1. The van der Waals surface area contributed by atoms with Gasteiger partial charge in [0.15, 0.2) is 0 Å². The molecule has 0 radical (unpaired) electrons. The van der Waals surface area contributed by atoms with Crippen molar-refractivity contribution in [2.24, 2.45) is 0 Å². The number of carboxylic acids is 1. The molecule has 0 aliphatic rings. The molecule has 1 rings (SSSR count). The minimum atomic E-state index is -3.40. The topological polar surface area (TPSA) is 83.5 Å². The standard InChI is InChI=1S/C13H19NO4S/c1-2-3-4-5-9-19(17,18)14-12-8-6-7-11(10-12)13(15)16/h6-8,10,14H,2-5,9H2,1H3,(H,15,16). The van der Waals surface area contributed by atoms with Gasteiger partial charge in [0.2, 0.25) is 10.0 Å². The Bertz CT molecular complexity index is 525. The van der Waals surface area contributed by atoms with E-state index < -0.39 is 16.0 Å². The van der Waals surface area contributed by atoms with Crippen LogP contribution in [0.15, 0.2) is 24.3 Å². The third-order valence-electron chi connectivity index (χ3n) is 2.65. The van der Waals surface area contributed by atoms with Crippen molar-refractivity contribution in [3.05, 3.63) is 29.8 Å². The summed E-state index contributed by atoms with van der Waals surface area (Å²) >= 11 is 0. The lowest BCUT2D eigenvalue weighted by Crippen LogP contribution is -2.17. The van der Waals surface area contributed by atoms with E-state index in [-0.39, 0.29) is 17.0 Å². The highest BCUT2D eigenvalue weighted by Gasteiger charge is 2.11. The van der Waals surface area contributed by atoms with Crippen LogP contribution in [-0.2, 0) is 10.0 Å². The van der Waals surface area contributed by atoms with Crippen LogP contribution in [-0.4, -0.2) is 25.2 Å². The number of benzene rings is 1. The molecule has 106 valence electrons. The highest BCUT2D eigenvalue weighted by molar-refractivity contribution is 7.92. The molecule has 0 saturated heterocycles. The summed E-state index contributed by atoms with van der Waals surface area (Å²) in [6, 6.07) is 5.78. The average Bonchev–Trinajstić information content (AvgIpc) is 2.34. The van der Waals surface area contributed by atoms with Crippen molar-refractivity contribution in [2.75, 3.05) is 10.5 Å². The molecule has 0 aliphatic heterocycles. The maximum Gasteiger partial charge on any atom is 0.335 e. The van der Waals surface area contributed by atoms with Crippen LogP contribution in [0.1, 0.15) is 43.0 Å². The second-order valence-corrected chi connectivity index (χ2v) is 6.21. The maximum absolute atomic E-state index is 11.8. The number of aromatic carboxylic acids is 1. The van der Waals surface area contributed by atoms with E-state index in [2.05, 4.69) is 11.6 Å². The van der Waals surface area contributed by atoms with Crippen molar-refractivity contribution in [3.63, 3.8) is 0 Å². The zero-order valence-electron chi connectivity index (χ0n) is 10.9. The summed E-state index contributed by atoms with van der Waals surface area (Å²) < 4.78 is 26.0. The Kier molecular flexibility index (Phi) is 5.82. The molecule has 0 bridgehead atoms. The van der Waals surface area contributed by atoms with Gasteiger partial charge in [-0.1, -0.05) is 32.3 Å². The molecule has 19 heavy (non-hydrogen) atoms. The molecule has 0 unspecified atom stereocenters. The summed E-state index contributed by atoms with van der Waals surface area (Å²) in [6.45, 7) is 2.06. The Labute approximate surface area is 113 Å². The fourth-order valence-electron chi connectivity index (χ4n) is 1.67. The molecular weight excluding hydrogens is 266 g/mol. The van der Waals surface area contributed by atoms with E-state index in [0.29, 0.717) is 6.42 Å². The Balaban J connectivity index is 2.62. The van der Waals surface area contributed by atoms with Gasteiger partial charge >= 0.3 is 5.97 Å². The third-order valence-corrected chi connectivity index (χ3v) is 4.02. The normalized spacial score (nSPS) is 11.2. The van der Waals surface area contributed by atoms with Crippen molar-refractivity contribution in [2.45, 2.75) is 32.6 Å². The van der Waals surface area contributed by atoms with E-state index in [4.69, 9.17) is 5.11 Å². The summed E-state index contributed by atoms with van der Waals surface area (Å²) in [6.07, 6.45) is 3.56. The van der Waals surface area contributed by atoms with Gasteiger partial charge in [-0.15, -0.1) is 0 Å². The molecule has 0 aliphatic carbocycles. The Morgan fingerprint density at radius 2 is 2.00 bits per heavy atom. The number of hydrogen-bond donors (Lipinski definition) is 2. The molecule has 0 fully saturated rings. The lowest BCUT2D eigenvalue weighted by Gasteiger charge is -2.08. The highest BCUT2D eigenvalue weighted by Crippen LogP contribution is 2.13. The van der Waals surface area contributed by atoms with Crippen LogP contribution in [0.5, 0.6) is 0 Å². The minimum Gasteiger partial charge on any atom is -0.478 e. The second-order valence-electron chi connectivity index (χ2n) is 4.37. The van der Waals surface area contributed by atoms with E-state index in [1.165, 1.54) is 24.3 Å². The predicted molar refractivity (Wildman–Crippen MR) is 75.0 cm³/mol. The fourth-order valence-corrected chi connectivity index (χ4v) is 2.84. The minimum absolute atomic E-state index is 0.0598. The Hall–Kier alpha value is -1.56. The highest BCUT2D eigenvalue weighted by atomic mass is 32.2. The van der Waals surface area contributed by atoms with Gasteiger partial charge in [-0.05, 0) is 24.6 Å². The molecule has 0 aromatic heterocycles. The molecule has 1 aromatic rings. The van der Waals surface area contributed by atoms with Crippen LogP contribution in [0.25, 0.3) is 0 Å². The number of nitrogens with one attached hydrogen (secondary N) is 1. The quantitative estimate of drug-likeness (QED) is 0.719. The molecule has 0 heterocycles. The summed E-state index contributed by atoms with van der Waals surface area (Å²) in [7, 11) is -3.40. The van der Waals surface area contributed by atoms with Crippen molar-refractivity contribution >= 4 is 21.7 Å². The van der Waals surface area contributed by atoms with Crippen LogP contribution in [0.4, 0.5) is 5.69 Å². The number of carboxylic acid groups (broad SMARTS) is 1. The first-order valence-corrected chi connectivity index (χ1v) is 7.93. The van der Waals surface area contributed by atoms with E-state index >= 15 is 0 Å². The van der Waals surface area contributed by atoms with Crippen molar-refractivity contribution < 1.29 is 18.3 Å². The van der Waals surface area contributed by atoms with Gasteiger partial charge < -0.3 is 5.11 Å². The van der Waals surface area contributed by atoms with Crippen molar-refractivity contribution in [3.8, 4) is 0 Å². The summed E-state index contributed by atoms with van der Waals surface area (Å²) in [5, 5.41) is 8.83. The summed E-state index contributed by atoms with van der Waals surface area (Å²) in [4.78, 5) is 10.8. The molecule has 0 spiro atoms. The van der Waals surface area contributed by atoms with Gasteiger partial charge in [0.1, 0.15) is 0 Å². The third kappa shape index (κ3) is 5.74. The zero-order valence-corrected chi connectivity index (χ0v) is 11.7. The van der Waals surface area contributed by atoms with Gasteiger partial charge in [0.25, 0.3) is 0 Å². The lowest BCUT2D eigenvalue weighted by molar-refractivity contribution is 0.0697. The average molecular weight is 285 g/mol. The van der Waals surface area contributed by atoms with Gasteiger partial charge in [-0.2, -0.15) is 0 Å². The second kappa shape index (κ2) is 7.13. The monoisotopic (exact) mass is 285 g/mol. The first-order chi connectivity index (χ1) is 8.94. The van der Waals surface area contributed by atoms with E-state index in [9.17, 15) is 13.2 Å². The van der Waals surface area contributed by atoms with Gasteiger partial charge in [-0.25, -0.2) is 13.2 Å². The SMILES string of the molecule is CCCCCCS(=O)(=O)Nc1cccc(C(=O)O)c1. The lowest BCUT2D eigenvalue weighted by atomic mass is 10.2. The van der Waals surface area contributed by atoms with Crippen molar-refractivity contribution in [1.82, 2.24) is 0 Å². The first kappa shape index (κ1) is 15.5. The maximum atomic E-state index is 11.8. The van der Waals surface area contributed by atoms with Crippen LogP contribution in [0.2, 0.25) is 0 Å². The number of hydrogen-bond acceptors (Lipinski definition) is 3. The van der Waals surface area contributed by atoms with Crippen molar-refractivity contribution in [1.29, 1.82) is 0 Å². The van der Waals surface area contributed by atoms with E-state index in [1.807, 2.05) is 0 Å². The number of unbranched alkanes of at least 4 members (excludes halogenated alkanes) is 3. The Morgan fingerprint density at radius 3 is 2.63 bits per heavy atom. The molecular formula is C13H19NO4S. The molecule has 0 amide bonds. The molecule has 2 N–H and O–H groups in total. The smallest absolute Gasteiger partial charge is 0.335 e. The molecule has 0 atom stereocenters. The van der Waals surface area contributed by atoms with E-state index in [1.54, 1.807) is 0 Å². The summed E-state index contributed by atoms with van der Waals surface area (Å²) in [5.74, 6) is -1.02. The molecule has 5 nitrogen and oxygen atoms in total. The predicted octanol–water partition coefficient (Wildman–Crippen LogP) is 2.71. The van der Waals surface area contributed by atoms with Crippen LogP contribution >= 0.6 is 0 Å². The van der Waals surface area contributed by atoms with Crippen LogP contribution in [0.3, 0.4) is 0 Å². The number of rotatable bonds is 8. The van der Waals surface area contributed by atoms with Gasteiger partial charge in [-0.3, -0.25) is 4.72 Å². The fraction of sp³-hybridized carbons (Fsp3) is 0.462. The zero-order chi connectivity index (χ0) is 14.3. The number of sulfonamides is 1. The summed E-state index contributed by atoms with van der Waals surface area (Å²) in [5.41, 5.74) is 0.349. The first-order valence-electron chi connectivity index (χ1n) is 6.28. The van der Waals surface area contributed by atoms with E-state index in [0.717, 1.165) is 19.3 Å². The Morgan fingerprint density at radius 1 is 1.26 bits per heavy atom. The van der Waals surface area contributed by atoms with Gasteiger partial charge in [0, 0.05) is 5.69 Å². The van der Waals surface area contributed by atoms with Crippen LogP contribution in [0, 0.1) is 0 Å².